The van der Waals surface area contributed by atoms with Gasteiger partial charge in [0.25, 0.3) is 11.5 Å². The second-order valence-electron chi connectivity index (χ2n) is 8.57. The maximum absolute atomic E-state index is 13.6. The van der Waals surface area contributed by atoms with Gasteiger partial charge in [-0.3, -0.25) is 9.59 Å². The second-order valence-corrected chi connectivity index (χ2v) is 8.57. The molecule has 0 saturated heterocycles. The molecule has 0 radical (unpaired) electrons. The summed E-state index contributed by atoms with van der Waals surface area (Å²) in [6.07, 6.45) is 4.83. The lowest BCUT2D eigenvalue weighted by Crippen LogP contribution is -2.48. The highest BCUT2D eigenvalue weighted by molar-refractivity contribution is 6.00. The van der Waals surface area contributed by atoms with Crippen molar-refractivity contribution < 1.29 is 14.3 Å². The number of aromatic nitrogens is 4. The van der Waals surface area contributed by atoms with Crippen LogP contribution in [-0.4, -0.2) is 55.5 Å². The van der Waals surface area contributed by atoms with Crippen molar-refractivity contribution in [2.45, 2.75) is 56.5 Å². The maximum atomic E-state index is 13.6. The number of aliphatic hydroxyl groups excluding tert-OH is 1. The number of amides is 1. The topological polar surface area (TPSA) is 126 Å². The maximum Gasteiger partial charge on any atom is 0.274 e. The van der Waals surface area contributed by atoms with Gasteiger partial charge < -0.3 is 25.6 Å². The van der Waals surface area contributed by atoms with Crippen molar-refractivity contribution in [3.63, 3.8) is 0 Å². The summed E-state index contributed by atoms with van der Waals surface area (Å²) in [7, 11) is 1.71. The number of nitrogens with zero attached hydrogens (tertiary/aromatic N) is 4. The number of anilines is 3. The van der Waals surface area contributed by atoms with Gasteiger partial charge >= 0.3 is 0 Å². The van der Waals surface area contributed by atoms with Crippen molar-refractivity contribution in [1.82, 2.24) is 24.5 Å². The van der Waals surface area contributed by atoms with Crippen LogP contribution in [0.5, 0.6) is 0 Å². The molecule has 3 aromatic heterocycles. The van der Waals surface area contributed by atoms with Gasteiger partial charge in [-0.1, -0.05) is 0 Å². The van der Waals surface area contributed by atoms with Crippen molar-refractivity contribution in [2.24, 2.45) is 0 Å². The molecule has 4 N–H and O–H groups in total. The molecule has 11 heteroatoms. The van der Waals surface area contributed by atoms with E-state index in [4.69, 9.17) is 0 Å². The van der Waals surface area contributed by atoms with Crippen LogP contribution in [0.3, 0.4) is 0 Å². The minimum Gasteiger partial charge on any atom is -0.391 e. The lowest BCUT2D eigenvalue weighted by molar-refractivity contribution is 0.0826. The molecule has 4 atom stereocenters. The molecule has 5 rings (SSSR count). The van der Waals surface area contributed by atoms with E-state index < -0.39 is 24.2 Å². The number of aliphatic hydroxyl groups is 1. The van der Waals surface area contributed by atoms with Gasteiger partial charge in [-0.2, -0.15) is 9.61 Å². The number of rotatable bonds is 6. The number of hydrogen-bond acceptors (Lipinski definition) is 7. The molecule has 2 aliphatic rings. The van der Waals surface area contributed by atoms with Gasteiger partial charge in [-0.15, -0.1) is 0 Å². The largest absolute Gasteiger partial charge is 0.391 e. The Morgan fingerprint density at radius 3 is 2.79 bits per heavy atom. The van der Waals surface area contributed by atoms with Crippen LogP contribution in [0.25, 0.3) is 5.65 Å². The van der Waals surface area contributed by atoms with Crippen LogP contribution in [0.2, 0.25) is 0 Å². The molecule has 2 saturated carbocycles. The Morgan fingerprint density at radius 1 is 1.27 bits per heavy atom. The van der Waals surface area contributed by atoms with Crippen LogP contribution in [0, 0.1) is 0 Å². The van der Waals surface area contributed by atoms with E-state index >= 15 is 0 Å². The normalized spacial score (nSPS) is 24.5. The summed E-state index contributed by atoms with van der Waals surface area (Å²) in [5.41, 5.74) is 0.533. The number of halogens is 1. The SMILES string of the molecule is CNc1cc(Nc2cccn([C@@H]3CCC[C@@H]3O)c2=O)nc2c(C(=O)NC3CC[C@H]3F)cnn12. The molecule has 0 aromatic carbocycles. The quantitative estimate of drug-likeness (QED) is 0.448. The molecule has 10 nitrogen and oxygen atoms in total. The van der Waals surface area contributed by atoms with Crippen LogP contribution >= 0.6 is 0 Å². The number of fused-ring (bicyclic) bond motifs is 1. The summed E-state index contributed by atoms with van der Waals surface area (Å²) in [5.74, 6) is 0.451. The van der Waals surface area contributed by atoms with Gasteiger partial charge in [-0.25, -0.2) is 9.37 Å². The van der Waals surface area contributed by atoms with Crippen molar-refractivity contribution in [1.29, 1.82) is 0 Å². The fourth-order valence-corrected chi connectivity index (χ4v) is 4.48. The number of nitrogens with one attached hydrogen (secondary N) is 3. The molecule has 0 bridgehead atoms. The first-order valence-corrected chi connectivity index (χ1v) is 11.1. The highest BCUT2D eigenvalue weighted by Gasteiger charge is 2.33. The first-order valence-electron chi connectivity index (χ1n) is 11.1. The average Bonchev–Trinajstić information content (AvgIpc) is 3.43. The van der Waals surface area contributed by atoms with E-state index in [1.165, 1.54) is 10.7 Å². The Morgan fingerprint density at radius 2 is 2.12 bits per heavy atom. The first-order chi connectivity index (χ1) is 16.0. The Kier molecular flexibility index (Phi) is 5.49. The molecule has 0 spiro atoms. The van der Waals surface area contributed by atoms with E-state index in [9.17, 15) is 19.1 Å². The molecule has 174 valence electrons. The molecule has 0 aliphatic heterocycles. The van der Waals surface area contributed by atoms with Crippen molar-refractivity contribution in [3.8, 4) is 0 Å². The number of carbonyl (C=O) groups is 1. The predicted molar refractivity (Wildman–Crippen MR) is 121 cm³/mol. The summed E-state index contributed by atoms with van der Waals surface area (Å²) >= 11 is 0. The van der Waals surface area contributed by atoms with Gasteiger partial charge in [0.2, 0.25) is 0 Å². The Bertz CT molecular complexity index is 1260. The van der Waals surface area contributed by atoms with Crippen LogP contribution in [0.1, 0.15) is 48.5 Å². The Hall–Kier alpha value is -3.47. The third-order valence-electron chi connectivity index (χ3n) is 6.52. The van der Waals surface area contributed by atoms with E-state index in [2.05, 4.69) is 26.0 Å². The molecule has 1 amide bonds. The molecule has 2 fully saturated rings. The van der Waals surface area contributed by atoms with E-state index in [1.807, 2.05) is 0 Å². The first kappa shape index (κ1) is 21.4. The fourth-order valence-electron chi connectivity index (χ4n) is 4.48. The number of carbonyl (C=O) groups excluding carboxylic acids is 1. The van der Waals surface area contributed by atoms with Crippen molar-refractivity contribution >= 4 is 28.9 Å². The number of hydrogen-bond donors (Lipinski definition) is 4. The molecule has 3 heterocycles. The summed E-state index contributed by atoms with van der Waals surface area (Å²) in [6, 6.07) is 4.32. The highest BCUT2D eigenvalue weighted by Crippen LogP contribution is 2.29. The van der Waals surface area contributed by atoms with Crippen LogP contribution in [-0.2, 0) is 0 Å². The molecular formula is C22H26FN7O3. The summed E-state index contributed by atoms with van der Waals surface area (Å²) in [5, 5.41) is 23.2. The molecule has 3 aromatic rings. The summed E-state index contributed by atoms with van der Waals surface area (Å²) in [4.78, 5) is 30.3. The number of alkyl halides is 1. The highest BCUT2D eigenvalue weighted by atomic mass is 19.1. The standard InChI is InChI=1S/C22H26FN7O3/c1-24-19-10-18(26-15-4-3-9-29(22(15)33)16-5-2-6-17(16)31)28-20-12(11-25-30(19)20)21(32)27-14-8-7-13(14)23/h3-4,9-11,13-14,16-17,24,31H,2,5-8H2,1H3,(H,26,28)(H,27,32)/t13-,14?,16-,17+/m1/s1. The van der Waals surface area contributed by atoms with E-state index in [0.717, 1.165) is 12.8 Å². The summed E-state index contributed by atoms with van der Waals surface area (Å²) < 4.78 is 16.6. The predicted octanol–water partition coefficient (Wildman–Crippen LogP) is 1.99. The van der Waals surface area contributed by atoms with E-state index in [1.54, 1.807) is 36.0 Å². The molecule has 2 aliphatic carbocycles. The van der Waals surface area contributed by atoms with Gasteiger partial charge in [0.15, 0.2) is 5.65 Å². The van der Waals surface area contributed by atoms with E-state index in [-0.39, 0.29) is 22.8 Å². The monoisotopic (exact) mass is 455 g/mol. The molecular weight excluding hydrogens is 429 g/mol. The van der Waals surface area contributed by atoms with E-state index in [0.29, 0.717) is 36.6 Å². The molecule has 1 unspecified atom stereocenters. The zero-order valence-corrected chi connectivity index (χ0v) is 18.2. The van der Waals surface area contributed by atoms with Gasteiger partial charge in [0, 0.05) is 19.3 Å². The third kappa shape index (κ3) is 3.82. The Labute approximate surface area is 188 Å². The van der Waals surface area contributed by atoms with Gasteiger partial charge in [0.05, 0.1) is 24.4 Å². The second kappa shape index (κ2) is 8.47. The third-order valence-corrected chi connectivity index (χ3v) is 6.52. The lowest BCUT2D eigenvalue weighted by atomic mass is 9.90. The fraction of sp³-hybridized carbons (Fsp3) is 0.455. The smallest absolute Gasteiger partial charge is 0.274 e. The lowest BCUT2D eigenvalue weighted by Gasteiger charge is -2.30. The van der Waals surface area contributed by atoms with Gasteiger partial charge in [-0.05, 0) is 44.2 Å². The number of pyridine rings is 1. The minimum absolute atomic E-state index is 0.216. The Balaban J connectivity index is 1.48. The summed E-state index contributed by atoms with van der Waals surface area (Å²) in [6.45, 7) is 0. The van der Waals surface area contributed by atoms with Crippen LogP contribution in [0.4, 0.5) is 21.7 Å². The average molecular weight is 455 g/mol. The van der Waals surface area contributed by atoms with Gasteiger partial charge in [0.1, 0.15) is 29.1 Å². The van der Waals surface area contributed by atoms with Crippen molar-refractivity contribution in [3.05, 3.63) is 46.5 Å². The van der Waals surface area contributed by atoms with Crippen LogP contribution < -0.4 is 21.5 Å². The molecule has 33 heavy (non-hydrogen) atoms. The van der Waals surface area contributed by atoms with Crippen LogP contribution in [0.15, 0.2) is 35.4 Å². The zero-order valence-electron chi connectivity index (χ0n) is 18.2. The van der Waals surface area contributed by atoms with Crippen molar-refractivity contribution in [2.75, 3.05) is 17.7 Å². The zero-order chi connectivity index (χ0) is 23.1. The minimum atomic E-state index is -1.03.